The Hall–Kier alpha value is -2.38. The van der Waals surface area contributed by atoms with Crippen molar-refractivity contribution in [2.45, 2.75) is 39.2 Å². The van der Waals surface area contributed by atoms with E-state index in [1.54, 1.807) is 20.7 Å². The van der Waals surface area contributed by atoms with Gasteiger partial charge >= 0.3 is 0 Å². The molecule has 1 aromatic rings. The van der Waals surface area contributed by atoms with E-state index in [4.69, 9.17) is 5.73 Å². The van der Waals surface area contributed by atoms with Gasteiger partial charge in [-0.05, 0) is 26.7 Å². The number of nitrogens with zero attached hydrogens (tertiary/aromatic N) is 4. The number of nitrogens with two attached hydrogens (primary N) is 1. The van der Waals surface area contributed by atoms with Crippen molar-refractivity contribution in [3.05, 3.63) is 12.4 Å². The van der Waals surface area contributed by atoms with Crippen LogP contribution in [0.3, 0.4) is 0 Å². The van der Waals surface area contributed by atoms with Gasteiger partial charge in [0, 0.05) is 44.2 Å². The first-order chi connectivity index (χ1) is 11.9. The van der Waals surface area contributed by atoms with E-state index >= 15 is 0 Å². The number of likely N-dealkylation sites (tertiary alicyclic amines) is 1. The van der Waals surface area contributed by atoms with Gasteiger partial charge in [0.15, 0.2) is 0 Å². The zero-order valence-corrected chi connectivity index (χ0v) is 14.7. The van der Waals surface area contributed by atoms with Gasteiger partial charge < -0.3 is 15.5 Å². The topological polar surface area (TPSA) is 102 Å². The maximum Gasteiger partial charge on any atom is 0.228 e. The van der Waals surface area contributed by atoms with Gasteiger partial charge in [0.05, 0.1) is 17.8 Å². The summed E-state index contributed by atoms with van der Waals surface area (Å²) in [5.74, 6) is -0.826. The summed E-state index contributed by atoms with van der Waals surface area (Å²) < 4.78 is 1.80. The lowest BCUT2D eigenvalue weighted by Gasteiger charge is -2.32. The molecule has 0 spiro atoms. The van der Waals surface area contributed by atoms with Crippen LogP contribution in [0.2, 0.25) is 0 Å². The number of anilines is 1. The minimum absolute atomic E-state index is 0.00461. The van der Waals surface area contributed by atoms with Gasteiger partial charge in [-0.1, -0.05) is 0 Å². The quantitative estimate of drug-likeness (QED) is 0.859. The molecule has 8 nitrogen and oxygen atoms in total. The third-order valence-electron chi connectivity index (χ3n) is 5.11. The highest BCUT2D eigenvalue weighted by Crippen LogP contribution is 2.28. The second-order valence-corrected chi connectivity index (χ2v) is 7.18. The average molecular weight is 347 g/mol. The number of rotatable bonds is 4. The Morgan fingerprint density at radius 3 is 2.48 bits per heavy atom. The summed E-state index contributed by atoms with van der Waals surface area (Å²) in [6.07, 6.45) is 4.94. The zero-order valence-electron chi connectivity index (χ0n) is 14.7. The van der Waals surface area contributed by atoms with Gasteiger partial charge in [0.2, 0.25) is 17.7 Å². The maximum absolute atomic E-state index is 12.7. The minimum atomic E-state index is -0.333. The number of carbonyl (C=O) groups is 3. The summed E-state index contributed by atoms with van der Waals surface area (Å²) in [7, 11) is 0. The van der Waals surface area contributed by atoms with Crippen LogP contribution < -0.4 is 10.6 Å². The highest BCUT2D eigenvalue weighted by atomic mass is 16.2. The van der Waals surface area contributed by atoms with Crippen molar-refractivity contribution in [3.63, 3.8) is 0 Å². The third-order valence-corrected chi connectivity index (χ3v) is 5.11. The number of aromatic nitrogens is 2. The lowest BCUT2D eigenvalue weighted by atomic mass is 9.95. The maximum atomic E-state index is 12.7. The first-order valence-corrected chi connectivity index (χ1v) is 8.79. The summed E-state index contributed by atoms with van der Waals surface area (Å²) in [6, 6.07) is 0.218. The second kappa shape index (κ2) is 6.85. The van der Waals surface area contributed by atoms with Crippen LogP contribution in [0.4, 0.5) is 5.69 Å². The van der Waals surface area contributed by atoms with Gasteiger partial charge in [-0.2, -0.15) is 5.10 Å². The number of hydrogen-bond acceptors (Lipinski definition) is 4. The van der Waals surface area contributed by atoms with Crippen LogP contribution >= 0.6 is 0 Å². The fourth-order valence-electron chi connectivity index (χ4n) is 3.51. The number of amides is 3. The highest BCUT2D eigenvalue weighted by Gasteiger charge is 2.38. The minimum Gasteiger partial charge on any atom is -0.369 e. The van der Waals surface area contributed by atoms with E-state index in [9.17, 15) is 14.4 Å². The summed E-state index contributed by atoms with van der Waals surface area (Å²) in [5, 5.41) is 4.26. The molecular formula is C17H25N5O3. The van der Waals surface area contributed by atoms with Crippen molar-refractivity contribution in [1.82, 2.24) is 14.7 Å². The van der Waals surface area contributed by atoms with Crippen molar-refractivity contribution >= 4 is 23.4 Å². The molecule has 25 heavy (non-hydrogen) atoms. The molecule has 2 saturated heterocycles. The molecule has 0 aliphatic carbocycles. The number of carbonyl (C=O) groups excluding carboxylic acids is 3. The van der Waals surface area contributed by atoms with Gasteiger partial charge in [-0.3, -0.25) is 19.1 Å². The van der Waals surface area contributed by atoms with Crippen molar-refractivity contribution in [1.29, 1.82) is 0 Å². The summed E-state index contributed by atoms with van der Waals surface area (Å²) in [6.45, 7) is 5.48. The fraction of sp³-hybridized carbons (Fsp3) is 0.647. The van der Waals surface area contributed by atoms with E-state index in [2.05, 4.69) is 5.10 Å². The lowest BCUT2D eigenvalue weighted by Crippen LogP contribution is -2.44. The second-order valence-electron chi connectivity index (χ2n) is 7.18. The summed E-state index contributed by atoms with van der Waals surface area (Å²) in [4.78, 5) is 39.7. The number of piperidine rings is 1. The fourth-order valence-corrected chi connectivity index (χ4v) is 3.51. The Bertz CT molecular complexity index is 676. The SMILES string of the molecule is CC(C)n1cc(N2C[C@@H](C(=O)N3CCC(C(N)=O)CC3)CC2=O)cn1. The van der Waals surface area contributed by atoms with Crippen molar-refractivity contribution < 1.29 is 14.4 Å². The normalized spacial score (nSPS) is 22.0. The van der Waals surface area contributed by atoms with Crippen molar-refractivity contribution in [3.8, 4) is 0 Å². The molecule has 2 N–H and O–H groups in total. The smallest absolute Gasteiger partial charge is 0.228 e. The van der Waals surface area contributed by atoms with Gasteiger partial charge in [-0.25, -0.2) is 0 Å². The van der Waals surface area contributed by atoms with Crippen LogP contribution in [0.15, 0.2) is 12.4 Å². The summed E-state index contributed by atoms with van der Waals surface area (Å²) >= 11 is 0. The van der Waals surface area contributed by atoms with Crippen LogP contribution in [-0.4, -0.2) is 52.0 Å². The Kier molecular flexibility index (Phi) is 4.78. The third kappa shape index (κ3) is 3.52. The molecule has 1 aromatic heterocycles. The monoisotopic (exact) mass is 347 g/mol. The predicted octanol–water partition coefficient (Wildman–Crippen LogP) is 0.541. The molecular weight excluding hydrogens is 322 g/mol. The molecule has 3 amide bonds. The van der Waals surface area contributed by atoms with Gasteiger partial charge in [-0.15, -0.1) is 0 Å². The largest absolute Gasteiger partial charge is 0.369 e. The van der Waals surface area contributed by atoms with E-state index in [0.717, 1.165) is 5.69 Å². The van der Waals surface area contributed by atoms with Gasteiger partial charge in [0.25, 0.3) is 0 Å². The Labute approximate surface area is 146 Å². The van der Waals surface area contributed by atoms with Crippen LogP contribution in [0, 0.1) is 11.8 Å². The Morgan fingerprint density at radius 2 is 1.92 bits per heavy atom. The van der Waals surface area contributed by atoms with Crippen molar-refractivity contribution in [2.24, 2.45) is 17.6 Å². The molecule has 0 unspecified atom stereocenters. The predicted molar refractivity (Wildman–Crippen MR) is 91.6 cm³/mol. The molecule has 0 radical (unpaired) electrons. The number of primary amides is 1. The van der Waals surface area contributed by atoms with Crippen LogP contribution in [0.5, 0.6) is 0 Å². The molecule has 3 heterocycles. The van der Waals surface area contributed by atoms with E-state index in [0.29, 0.717) is 32.5 Å². The highest BCUT2D eigenvalue weighted by molar-refractivity contribution is 6.00. The molecule has 0 bridgehead atoms. The van der Waals surface area contributed by atoms with Crippen LogP contribution in [0.1, 0.15) is 39.2 Å². The number of hydrogen-bond donors (Lipinski definition) is 1. The molecule has 2 aliphatic heterocycles. The Balaban J connectivity index is 1.62. The van der Waals surface area contributed by atoms with Crippen LogP contribution in [0.25, 0.3) is 0 Å². The summed E-state index contributed by atoms with van der Waals surface area (Å²) in [5.41, 5.74) is 6.07. The van der Waals surface area contributed by atoms with Crippen molar-refractivity contribution in [2.75, 3.05) is 24.5 Å². The van der Waals surface area contributed by atoms with E-state index in [1.807, 2.05) is 20.0 Å². The van der Waals surface area contributed by atoms with E-state index in [-0.39, 0.29) is 42.0 Å². The van der Waals surface area contributed by atoms with Gasteiger partial charge in [0.1, 0.15) is 0 Å². The van der Waals surface area contributed by atoms with E-state index < -0.39 is 0 Å². The molecule has 136 valence electrons. The first-order valence-electron chi connectivity index (χ1n) is 8.79. The molecule has 3 rings (SSSR count). The van der Waals surface area contributed by atoms with E-state index in [1.165, 1.54) is 0 Å². The molecule has 8 heteroatoms. The zero-order chi connectivity index (χ0) is 18.1. The van der Waals surface area contributed by atoms with Crippen LogP contribution in [-0.2, 0) is 14.4 Å². The molecule has 0 aromatic carbocycles. The molecule has 1 atom stereocenters. The first kappa shape index (κ1) is 17.4. The molecule has 2 fully saturated rings. The lowest BCUT2D eigenvalue weighted by molar-refractivity contribution is -0.138. The standard InChI is InChI=1S/C17H25N5O3/c1-11(2)22-10-14(8-19-22)21-9-13(7-15(21)23)17(25)20-5-3-12(4-6-20)16(18)24/h8,10-13H,3-7,9H2,1-2H3,(H2,18,24)/t13-/m0/s1. The Morgan fingerprint density at radius 1 is 1.24 bits per heavy atom. The molecule has 2 aliphatic rings. The average Bonchev–Trinajstić information content (AvgIpc) is 3.21. The molecule has 0 saturated carbocycles.